The maximum atomic E-state index is 12.4. The number of hydrogen-bond donors (Lipinski definition) is 3. The van der Waals surface area contributed by atoms with E-state index in [0.717, 1.165) is 37.3 Å². The van der Waals surface area contributed by atoms with Crippen molar-refractivity contribution >= 4 is 46.5 Å². The summed E-state index contributed by atoms with van der Waals surface area (Å²) >= 11 is 7.28. The summed E-state index contributed by atoms with van der Waals surface area (Å²) in [6, 6.07) is 7.22. The molecule has 10 heteroatoms. The van der Waals surface area contributed by atoms with Crippen molar-refractivity contribution in [2.75, 3.05) is 24.6 Å². The van der Waals surface area contributed by atoms with Gasteiger partial charge in [0, 0.05) is 18.7 Å². The highest BCUT2D eigenvalue weighted by Gasteiger charge is 2.27. The zero-order valence-corrected chi connectivity index (χ0v) is 17.8. The average molecular weight is 453 g/mol. The lowest BCUT2D eigenvalue weighted by molar-refractivity contribution is -0.139. The average Bonchev–Trinajstić information content (AvgIpc) is 3.04. The Balaban J connectivity index is 2.00. The molecule has 1 aliphatic rings. The van der Waals surface area contributed by atoms with Gasteiger partial charge in [-0.2, -0.15) is 0 Å². The van der Waals surface area contributed by atoms with Crippen LogP contribution in [0.4, 0.5) is 5.69 Å². The van der Waals surface area contributed by atoms with Gasteiger partial charge in [-0.05, 0) is 43.6 Å². The highest BCUT2D eigenvalue weighted by molar-refractivity contribution is 7.18. The van der Waals surface area contributed by atoms with E-state index in [9.17, 15) is 19.5 Å². The number of amides is 1. The van der Waals surface area contributed by atoms with Crippen LogP contribution < -0.4 is 15.0 Å². The molecular weight excluding hydrogens is 432 g/mol. The van der Waals surface area contributed by atoms with Crippen LogP contribution in [0.15, 0.2) is 24.3 Å². The van der Waals surface area contributed by atoms with Crippen molar-refractivity contribution in [1.29, 1.82) is 0 Å². The Hall–Kier alpha value is -2.62. The van der Waals surface area contributed by atoms with E-state index in [0.29, 0.717) is 16.1 Å². The molecule has 0 atom stereocenters. The Bertz CT molecular complexity index is 970. The van der Waals surface area contributed by atoms with Crippen LogP contribution in [0.25, 0.3) is 10.4 Å². The van der Waals surface area contributed by atoms with Gasteiger partial charge in [0.25, 0.3) is 0 Å². The van der Waals surface area contributed by atoms with Crippen molar-refractivity contribution in [3.63, 3.8) is 0 Å². The van der Waals surface area contributed by atoms with E-state index in [4.69, 9.17) is 21.4 Å². The predicted octanol–water partition coefficient (Wildman–Crippen LogP) is 3.34. The molecule has 0 bridgehead atoms. The van der Waals surface area contributed by atoms with Gasteiger partial charge in [-0.1, -0.05) is 23.7 Å². The minimum Gasteiger partial charge on any atom is -0.479 e. The normalized spacial score (nSPS) is 14.3. The first-order valence-electron chi connectivity index (χ1n) is 9.30. The van der Waals surface area contributed by atoms with Crippen molar-refractivity contribution in [3.05, 3.63) is 34.2 Å². The third kappa shape index (κ3) is 4.75. The number of carboxylic acids is 2. The number of piperidine rings is 1. The number of ether oxygens (including phenoxy) is 1. The van der Waals surface area contributed by atoms with Gasteiger partial charge in [-0.15, -0.1) is 11.3 Å². The highest BCUT2D eigenvalue weighted by atomic mass is 35.5. The van der Waals surface area contributed by atoms with Gasteiger partial charge in [0.05, 0.1) is 4.88 Å². The Morgan fingerprint density at radius 3 is 2.57 bits per heavy atom. The molecule has 0 unspecified atom stereocenters. The number of thiophene rings is 1. The summed E-state index contributed by atoms with van der Waals surface area (Å²) in [5, 5.41) is 21.6. The summed E-state index contributed by atoms with van der Waals surface area (Å²) in [6.45, 7) is 2.48. The Kier molecular flexibility index (Phi) is 6.96. The lowest BCUT2D eigenvalue weighted by Crippen LogP contribution is -2.45. The molecule has 8 nitrogen and oxygen atoms in total. The number of nitrogens with one attached hydrogen (secondary N) is 1. The van der Waals surface area contributed by atoms with Crippen LogP contribution >= 0.6 is 22.9 Å². The van der Waals surface area contributed by atoms with E-state index in [-0.39, 0.29) is 27.6 Å². The monoisotopic (exact) mass is 452 g/mol. The predicted molar refractivity (Wildman–Crippen MR) is 114 cm³/mol. The number of rotatable bonds is 7. The maximum Gasteiger partial charge on any atom is 0.349 e. The maximum absolute atomic E-state index is 12.4. The molecule has 2 aromatic rings. The second-order valence-electron chi connectivity index (χ2n) is 6.81. The number of nitrogens with zero attached hydrogens (tertiary/aromatic N) is 1. The largest absolute Gasteiger partial charge is 0.479 e. The number of halogens is 1. The molecule has 0 aliphatic carbocycles. The van der Waals surface area contributed by atoms with Gasteiger partial charge in [0.2, 0.25) is 5.91 Å². The van der Waals surface area contributed by atoms with E-state index in [1.54, 1.807) is 23.1 Å². The van der Waals surface area contributed by atoms with Crippen molar-refractivity contribution in [3.8, 4) is 16.2 Å². The van der Waals surface area contributed by atoms with Gasteiger partial charge in [-0.25, -0.2) is 9.59 Å². The summed E-state index contributed by atoms with van der Waals surface area (Å²) < 4.78 is 5.13. The molecule has 30 heavy (non-hydrogen) atoms. The molecule has 1 fully saturated rings. The number of anilines is 1. The van der Waals surface area contributed by atoms with Gasteiger partial charge in [0.1, 0.15) is 5.02 Å². The highest BCUT2D eigenvalue weighted by Crippen LogP contribution is 2.46. The Morgan fingerprint density at radius 1 is 1.27 bits per heavy atom. The van der Waals surface area contributed by atoms with Gasteiger partial charge in [-0.3, -0.25) is 4.79 Å². The summed E-state index contributed by atoms with van der Waals surface area (Å²) in [4.78, 5) is 36.8. The third-order valence-electron chi connectivity index (χ3n) is 4.74. The van der Waals surface area contributed by atoms with Crippen LogP contribution in [-0.2, 0) is 9.59 Å². The molecule has 1 saturated heterocycles. The smallest absolute Gasteiger partial charge is 0.349 e. The van der Waals surface area contributed by atoms with E-state index >= 15 is 0 Å². The van der Waals surface area contributed by atoms with E-state index in [1.807, 2.05) is 6.07 Å². The van der Waals surface area contributed by atoms with Crippen LogP contribution in [0.1, 0.15) is 29.4 Å². The number of carboxylic acid groups (broad SMARTS) is 2. The first kappa shape index (κ1) is 22.1. The second kappa shape index (κ2) is 9.46. The van der Waals surface area contributed by atoms with Crippen molar-refractivity contribution < 1.29 is 29.3 Å². The lowest BCUT2D eigenvalue weighted by atomic mass is 10.0. The zero-order chi connectivity index (χ0) is 21.8. The molecule has 3 N–H and O–H groups in total. The van der Waals surface area contributed by atoms with E-state index in [2.05, 4.69) is 5.32 Å². The SMILES string of the molecule is CC(=O)N(c1cccc(-c2sc(C(=O)O)c(OCC(=O)O)c2Cl)c1)C1CCNCC1. The number of aromatic carboxylic acids is 1. The van der Waals surface area contributed by atoms with Crippen LogP contribution in [0.5, 0.6) is 5.75 Å². The quantitative estimate of drug-likeness (QED) is 0.589. The van der Waals surface area contributed by atoms with E-state index < -0.39 is 18.5 Å². The summed E-state index contributed by atoms with van der Waals surface area (Å²) in [7, 11) is 0. The number of hydrogen-bond acceptors (Lipinski definition) is 6. The van der Waals surface area contributed by atoms with E-state index in [1.165, 1.54) is 6.92 Å². The lowest BCUT2D eigenvalue weighted by Gasteiger charge is -2.34. The Morgan fingerprint density at radius 2 is 1.97 bits per heavy atom. The number of carbonyl (C=O) groups is 3. The number of aliphatic carboxylic acids is 1. The Labute approximate surface area is 182 Å². The summed E-state index contributed by atoms with van der Waals surface area (Å²) in [6.07, 6.45) is 1.67. The van der Waals surface area contributed by atoms with Crippen molar-refractivity contribution in [1.82, 2.24) is 5.32 Å². The minimum atomic E-state index is -1.26. The molecule has 1 aromatic heterocycles. The minimum absolute atomic E-state index is 0.0343. The standard InChI is InChI=1S/C20H21ClN2O6S/c1-11(24)23(13-5-7-22-8-6-13)14-4-2-3-12(9-14)18-16(21)17(29-10-15(25)26)19(30-18)20(27)28/h2-4,9,13,22H,5-8,10H2,1H3,(H,25,26)(H,27,28). The molecule has 1 aliphatic heterocycles. The fourth-order valence-corrected chi connectivity index (χ4v) is 4.90. The van der Waals surface area contributed by atoms with Gasteiger partial charge in [0.15, 0.2) is 17.2 Å². The molecule has 0 saturated carbocycles. The van der Waals surface area contributed by atoms with Crippen molar-refractivity contribution in [2.45, 2.75) is 25.8 Å². The second-order valence-corrected chi connectivity index (χ2v) is 8.21. The molecule has 1 amide bonds. The van der Waals surface area contributed by atoms with Gasteiger partial charge >= 0.3 is 11.9 Å². The fourth-order valence-electron chi connectivity index (χ4n) is 3.50. The van der Waals surface area contributed by atoms with Crippen LogP contribution in [-0.4, -0.2) is 53.8 Å². The molecule has 2 heterocycles. The molecule has 160 valence electrons. The third-order valence-corrected chi connectivity index (χ3v) is 6.42. The van der Waals surface area contributed by atoms with Gasteiger partial charge < -0.3 is 25.2 Å². The number of carbonyl (C=O) groups excluding carboxylic acids is 1. The zero-order valence-electron chi connectivity index (χ0n) is 16.2. The summed E-state index contributed by atoms with van der Waals surface area (Å²) in [5.74, 6) is -2.74. The summed E-state index contributed by atoms with van der Waals surface area (Å²) in [5.41, 5.74) is 1.32. The van der Waals surface area contributed by atoms with Crippen LogP contribution in [0.3, 0.4) is 0 Å². The molecule has 3 rings (SSSR count). The van der Waals surface area contributed by atoms with Crippen LogP contribution in [0.2, 0.25) is 5.02 Å². The first-order valence-corrected chi connectivity index (χ1v) is 10.5. The molecule has 1 aromatic carbocycles. The molecule has 0 spiro atoms. The molecule has 0 radical (unpaired) electrons. The fraction of sp³-hybridized carbons (Fsp3) is 0.350. The molecular formula is C20H21ClN2O6S. The number of benzene rings is 1. The van der Waals surface area contributed by atoms with Crippen molar-refractivity contribution in [2.24, 2.45) is 0 Å². The topological polar surface area (TPSA) is 116 Å². The van der Waals surface area contributed by atoms with Crippen LogP contribution in [0, 0.1) is 0 Å². The first-order chi connectivity index (χ1) is 14.3.